The lowest BCUT2D eigenvalue weighted by Crippen LogP contribution is -2.29. The molecule has 0 saturated carbocycles. The normalized spacial score (nSPS) is 15.1. The van der Waals surface area contributed by atoms with Crippen LogP contribution in [0.3, 0.4) is 0 Å². The van der Waals surface area contributed by atoms with Gasteiger partial charge in [0.15, 0.2) is 0 Å². The first kappa shape index (κ1) is 18.8. The summed E-state index contributed by atoms with van der Waals surface area (Å²) in [6.07, 6.45) is 3.27. The van der Waals surface area contributed by atoms with E-state index in [4.69, 9.17) is 11.6 Å². The quantitative estimate of drug-likeness (QED) is 0.566. The van der Waals surface area contributed by atoms with Crippen molar-refractivity contribution in [1.82, 2.24) is 5.32 Å². The van der Waals surface area contributed by atoms with Gasteiger partial charge in [0.2, 0.25) is 5.91 Å². The van der Waals surface area contributed by atoms with Gasteiger partial charge in [0.25, 0.3) is 0 Å². The molecule has 132 valence electrons. The molecule has 0 saturated heterocycles. The van der Waals surface area contributed by atoms with Crippen molar-refractivity contribution in [2.45, 2.75) is 38.3 Å². The number of hydrogen-bond donors (Lipinski definition) is 2. The van der Waals surface area contributed by atoms with Gasteiger partial charge in [-0.2, -0.15) is 13.2 Å². The first-order chi connectivity index (χ1) is 11.4. The smallest absolute Gasteiger partial charge is 0.325 e. The summed E-state index contributed by atoms with van der Waals surface area (Å²) in [6, 6.07) is 3.32. The summed E-state index contributed by atoms with van der Waals surface area (Å²) in [4.78, 5) is 11.8. The minimum absolute atomic E-state index is 0.0528. The highest BCUT2D eigenvalue weighted by molar-refractivity contribution is 6.31. The summed E-state index contributed by atoms with van der Waals surface area (Å²) in [7, 11) is 0. The van der Waals surface area contributed by atoms with E-state index in [0.29, 0.717) is 6.54 Å². The number of halogens is 4. The SMILES string of the molecule is O=C(CNCCC1=CCCCC1)Nc1ccc(Cl)c(C(F)(F)F)c1. The highest BCUT2D eigenvalue weighted by Crippen LogP contribution is 2.36. The summed E-state index contributed by atoms with van der Waals surface area (Å²) in [6.45, 7) is 0.727. The zero-order chi connectivity index (χ0) is 17.6. The number of rotatable bonds is 6. The van der Waals surface area contributed by atoms with E-state index in [9.17, 15) is 18.0 Å². The number of benzene rings is 1. The lowest BCUT2D eigenvalue weighted by atomic mass is 9.97. The van der Waals surface area contributed by atoms with Gasteiger partial charge in [0.1, 0.15) is 0 Å². The van der Waals surface area contributed by atoms with Gasteiger partial charge < -0.3 is 10.6 Å². The molecule has 7 heteroatoms. The molecule has 1 aromatic carbocycles. The molecule has 3 nitrogen and oxygen atoms in total. The van der Waals surface area contributed by atoms with Crippen LogP contribution < -0.4 is 10.6 Å². The Morgan fingerprint density at radius 1 is 1.25 bits per heavy atom. The Morgan fingerprint density at radius 2 is 2.04 bits per heavy atom. The van der Waals surface area contributed by atoms with Crippen LogP contribution in [0.25, 0.3) is 0 Å². The van der Waals surface area contributed by atoms with Gasteiger partial charge in [-0.15, -0.1) is 0 Å². The standard InChI is InChI=1S/C17H20ClF3N2O/c18-15-7-6-13(10-14(15)17(19,20)21)23-16(24)11-22-9-8-12-4-2-1-3-5-12/h4,6-7,10,22H,1-3,5,8-9,11H2,(H,23,24). The third-order valence-electron chi connectivity index (χ3n) is 3.85. The van der Waals surface area contributed by atoms with Crippen LogP contribution in [0.1, 0.15) is 37.7 Å². The largest absolute Gasteiger partial charge is 0.417 e. The van der Waals surface area contributed by atoms with Crippen molar-refractivity contribution in [2.75, 3.05) is 18.4 Å². The predicted molar refractivity (Wildman–Crippen MR) is 89.1 cm³/mol. The highest BCUT2D eigenvalue weighted by atomic mass is 35.5. The van der Waals surface area contributed by atoms with E-state index in [1.807, 2.05) is 0 Å². The summed E-state index contributed by atoms with van der Waals surface area (Å²) < 4.78 is 38.3. The number of carbonyl (C=O) groups is 1. The second kappa shape index (κ2) is 8.53. The number of nitrogens with one attached hydrogen (secondary N) is 2. The van der Waals surface area contributed by atoms with Gasteiger partial charge in [-0.1, -0.05) is 23.3 Å². The first-order valence-corrected chi connectivity index (χ1v) is 8.29. The predicted octanol–water partition coefficient (Wildman–Crippen LogP) is 4.78. The van der Waals surface area contributed by atoms with Gasteiger partial charge in [-0.25, -0.2) is 0 Å². The van der Waals surface area contributed by atoms with Crippen molar-refractivity contribution in [3.05, 3.63) is 40.4 Å². The van der Waals surface area contributed by atoms with Crippen LogP contribution in [0, 0.1) is 0 Å². The van der Waals surface area contributed by atoms with Gasteiger partial charge in [0, 0.05) is 5.69 Å². The van der Waals surface area contributed by atoms with Crippen LogP contribution in [0.4, 0.5) is 18.9 Å². The zero-order valence-electron chi connectivity index (χ0n) is 13.2. The molecule has 2 rings (SSSR count). The van der Waals surface area contributed by atoms with Crippen LogP contribution in [0.15, 0.2) is 29.8 Å². The van der Waals surface area contributed by atoms with Crippen LogP contribution >= 0.6 is 11.6 Å². The second-order valence-corrected chi connectivity index (χ2v) is 6.18. The lowest BCUT2D eigenvalue weighted by molar-refractivity contribution is -0.137. The van der Waals surface area contributed by atoms with E-state index in [2.05, 4.69) is 16.7 Å². The summed E-state index contributed by atoms with van der Waals surface area (Å²) >= 11 is 5.54. The molecule has 1 aliphatic carbocycles. The maximum absolute atomic E-state index is 12.8. The molecular formula is C17H20ClF3N2O. The Bertz CT molecular complexity index is 614. The molecule has 1 aromatic rings. The molecule has 0 atom stereocenters. The summed E-state index contributed by atoms with van der Waals surface area (Å²) in [5, 5.41) is 5.06. The third kappa shape index (κ3) is 5.83. The molecule has 0 unspecified atom stereocenters. The van der Waals surface area contributed by atoms with E-state index in [-0.39, 0.29) is 23.2 Å². The first-order valence-electron chi connectivity index (χ1n) is 7.91. The number of carbonyl (C=O) groups excluding carboxylic acids is 1. The molecule has 0 fully saturated rings. The Labute approximate surface area is 144 Å². The molecule has 0 aliphatic heterocycles. The summed E-state index contributed by atoms with van der Waals surface area (Å²) in [5.74, 6) is -0.386. The molecule has 0 bridgehead atoms. The fourth-order valence-electron chi connectivity index (χ4n) is 2.61. The topological polar surface area (TPSA) is 41.1 Å². The second-order valence-electron chi connectivity index (χ2n) is 5.78. The molecule has 1 aliphatic rings. The lowest BCUT2D eigenvalue weighted by Gasteiger charge is -2.13. The Hall–Kier alpha value is -1.53. The summed E-state index contributed by atoms with van der Waals surface area (Å²) in [5.41, 5.74) is 0.523. The number of anilines is 1. The molecule has 2 N–H and O–H groups in total. The molecule has 0 radical (unpaired) electrons. The van der Waals surface area contributed by atoms with Gasteiger partial charge >= 0.3 is 6.18 Å². The van der Waals surface area contributed by atoms with E-state index in [1.165, 1.54) is 24.5 Å². The van der Waals surface area contributed by atoms with Gasteiger partial charge in [0.05, 0.1) is 17.1 Å². The molecule has 0 aromatic heterocycles. The fourth-order valence-corrected chi connectivity index (χ4v) is 2.83. The van der Waals surface area contributed by atoms with E-state index in [1.54, 1.807) is 0 Å². The van der Waals surface area contributed by atoms with Crippen LogP contribution in [0.5, 0.6) is 0 Å². The van der Waals surface area contributed by atoms with Crippen molar-refractivity contribution in [3.63, 3.8) is 0 Å². The highest BCUT2D eigenvalue weighted by Gasteiger charge is 2.33. The van der Waals surface area contributed by atoms with Gasteiger partial charge in [-0.05, 0) is 56.8 Å². The number of amides is 1. The van der Waals surface area contributed by atoms with E-state index < -0.39 is 11.7 Å². The van der Waals surface area contributed by atoms with Crippen molar-refractivity contribution in [2.24, 2.45) is 0 Å². The Kier molecular flexibility index (Phi) is 6.69. The number of hydrogen-bond acceptors (Lipinski definition) is 2. The van der Waals surface area contributed by atoms with Crippen LogP contribution in [-0.2, 0) is 11.0 Å². The van der Waals surface area contributed by atoms with Crippen molar-refractivity contribution < 1.29 is 18.0 Å². The molecule has 0 heterocycles. The molecule has 24 heavy (non-hydrogen) atoms. The van der Waals surface area contributed by atoms with E-state index in [0.717, 1.165) is 31.4 Å². The maximum atomic E-state index is 12.8. The van der Waals surface area contributed by atoms with E-state index >= 15 is 0 Å². The minimum atomic E-state index is -4.55. The average Bonchev–Trinajstić information content (AvgIpc) is 2.53. The van der Waals surface area contributed by atoms with Crippen molar-refractivity contribution in [3.8, 4) is 0 Å². The third-order valence-corrected chi connectivity index (χ3v) is 4.18. The van der Waals surface area contributed by atoms with Crippen LogP contribution in [-0.4, -0.2) is 19.0 Å². The average molecular weight is 361 g/mol. The zero-order valence-corrected chi connectivity index (χ0v) is 13.9. The molecule has 1 amide bonds. The maximum Gasteiger partial charge on any atom is 0.417 e. The van der Waals surface area contributed by atoms with Crippen molar-refractivity contribution >= 4 is 23.2 Å². The monoisotopic (exact) mass is 360 g/mol. The number of allylic oxidation sites excluding steroid dienone is 1. The minimum Gasteiger partial charge on any atom is -0.325 e. The fraction of sp³-hybridized carbons (Fsp3) is 0.471. The molecular weight excluding hydrogens is 341 g/mol. The van der Waals surface area contributed by atoms with Crippen LogP contribution in [0.2, 0.25) is 5.02 Å². The Morgan fingerprint density at radius 3 is 2.71 bits per heavy atom. The number of alkyl halides is 3. The molecule has 0 spiro atoms. The van der Waals surface area contributed by atoms with Crippen molar-refractivity contribution in [1.29, 1.82) is 0 Å². The van der Waals surface area contributed by atoms with Gasteiger partial charge in [-0.3, -0.25) is 4.79 Å². The Balaban J connectivity index is 1.79.